The fourth-order valence-corrected chi connectivity index (χ4v) is 8.15. The van der Waals surface area contributed by atoms with Crippen LogP contribution in [0, 0.1) is 0 Å². The minimum atomic E-state index is -2.88. The zero-order chi connectivity index (χ0) is 34.8. The molecule has 50 heavy (non-hydrogen) atoms. The molecule has 3 aliphatic rings. The lowest BCUT2D eigenvalue weighted by Crippen LogP contribution is -2.46. The Morgan fingerprint density at radius 3 is 2.48 bits per heavy atom. The highest BCUT2D eigenvalue weighted by Gasteiger charge is 2.29. The van der Waals surface area contributed by atoms with Gasteiger partial charge >= 0.3 is 0 Å². The number of fused-ring (bicyclic) bond motifs is 1. The average Bonchev–Trinajstić information content (AvgIpc) is 3.12. The summed E-state index contributed by atoms with van der Waals surface area (Å²) in [5.41, 5.74) is 1.83. The summed E-state index contributed by atoms with van der Waals surface area (Å²) in [6, 6.07) is 17.2. The lowest BCUT2D eigenvalue weighted by molar-refractivity contribution is -0.134. The van der Waals surface area contributed by atoms with Crippen LogP contribution in [0.3, 0.4) is 0 Å². The summed E-state index contributed by atoms with van der Waals surface area (Å²) in [6.07, 6.45) is 0.823. The SMILES string of the molecule is O=C1CCC(c2cccc(N3CCN(Cc4cccc(S(=O)N5CCC(Nc6ncc7cc(C(F)F)c(=O)[nH]c7n6)CC5)c4)CC3)c2)C(=O)N1. The number of imide groups is 1. The van der Waals surface area contributed by atoms with Crippen LogP contribution in [0.4, 0.5) is 20.4 Å². The van der Waals surface area contributed by atoms with Crippen molar-refractivity contribution in [2.24, 2.45) is 0 Å². The fourth-order valence-electron chi connectivity index (χ4n) is 6.86. The topological polar surface area (TPSA) is 144 Å². The molecule has 2 amide bonds. The number of piperazine rings is 1. The first-order valence-electron chi connectivity index (χ1n) is 16.8. The third-order valence-electron chi connectivity index (χ3n) is 9.63. The van der Waals surface area contributed by atoms with E-state index in [2.05, 4.69) is 53.6 Å². The standard InChI is InChI=1S/C35H38F2N8O4S/c36-31(37)29-19-24-20-38-35(42-32(24)41-34(29)48)39-25-9-11-45(12-10-25)50(49)27-6-1-3-22(17-27)21-43-13-15-44(16-14-43)26-5-2-4-23(18-26)28-7-8-30(46)40-33(28)47/h1-6,17-20,25,28,31H,7-16,21H2,(H,40,46,47)(H2,38,39,41,42,48). The third kappa shape index (κ3) is 7.59. The Bertz CT molecular complexity index is 1980. The van der Waals surface area contributed by atoms with Gasteiger partial charge in [-0.1, -0.05) is 24.3 Å². The van der Waals surface area contributed by atoms with E-state index in [1.807, 2.05) is 34.6 Å². The second kappa shape index (κ2) is 14.7. The summed E-state index contributed by atoms with van der Waals surface area (Å²) < 4.78 is 41.7. The van der Waals surface area contributed by atoms with Gasteiger partial charge in [0.25, 0.3) is 12.0 Å². The third-order valence-corrected chi connectivity index (χ3v) is 11.1. The summed E-state index contributed by atoms with van der Waals surface area (Å²) in [6.45, 7) is 5.37. The molecule has 0 aliphatic carbocycles. The van der Waals surface area contributed by atoms with Gasteiger partial charge in [0.05, 0.1) is 16.4 Å². The lowest BCUT2D eigenvalue weighted by Gasteiger charge is -2.36. The van der Waals surface area contributed by atoms with Gasteiger partial charge in [0.2, 0.25) is 17.8 Å². The number of alkyl halides is 2. The Labute approximate surface area is 289 Å². The van der Waals surface area contributed by atoms with Crippen molar-refractivity contribution in [2.45, 2.75) is 55.5 Å². The van der Waals surface area contributed by atoms with Crippen LogP contribution >= 0.6 is 0 Å². The molecule has 4 aromatic rings. The highest BCUT2D eigenvalue weighted by atomic mass is 32.2. The molecule has 0 bridgehead atoms. The van der Waals surface area contributed by atoms with E-state index in [9.17, 15) is 27.4 Å². The second-order valence-electron chi connectivity index (χ2n) is 13.0. The van der Waals surface area contributed by atoms with Gasteiger partial charge in [-0.2, -0.15) is 4.98 Å². The Morgan fingerprint density at radius 1 is 0.940 bits per heavy atom. The molecule has 0 spiro atoms. The number of nitrogens with zero attached hydrogens (tertiary/aromatic N) is 5. The van der Waals surface area contributed by atoms with Crippen LogP contribution in [-0.4, -0.2) is 85.5 Å². The van der Waals surface area contributed by atoms with Crippen LogP contribution in [0.15, 0.2) is 70.5 Å². The van der Waals surface area contributed by atoms with Crippen molar-refractivity contribution in [3.63, 3.8) is 0 Å². The van der Waals surface area contributed by atoms with Crippen LogP contribution < -0.4 is 21.1 Å². The molecule has 0 saturated carbocycles. The van der Waals surface area contributed by atoms with Crippen molar-refractivity contribution in [3.05, 3.63) is 87.8 Å². The van der Waals surface area contributed by atoms with Crippen molar-refractivity contribution in [1.82, 2.24) is 29.5 Å². The van der Waals surface area contributed by atoms with Crippen molar-refractivity contribution in [1.29, 1.82) is 0 Å². The summed E-state index contributed by atoms with van der Waals surface area (Å²) >= 11 is 0. The quantitative estimate of drug-likeness (QED) is 0.222. The molecule has 3 saturated heterocycles. The van der Waals surface area contributed by atoms with Gasteiger partial charge in [-0.25, -0.2) is 22.3 Å². The molecule has 2 aromatic heterocycles. The maximum absolute atomic E-state index is 13.6. The molecule has 3 fully saturated rings. The van der Waals surface area contributed by atoms with E-state index < -0.39 is 28.5 Å². The number of carbonyl (C=O) groups is 2. The Morgan fingerprint density at radius 2 is 1.72 bits per heavy atom. The molecule has 0 radical (unpaired) electrons. The van der Waals surface area contributed by atoms with Crippen LogP contribution in [-0.2, 0) is 27.1 Å². The van der Waals surface area contributed by atoms with Crippen molar-refractivity contribution in [3.8, 4) is 0 Å². The first-order valence-corrected chi connectivity index (χ1v) is 17.9. The van der Waals surface area contributed by atoms with Crippen molar-refractivity contribution >= 4 is 45.5 Å². The number of carbonyl (C=O) groups excluding carboxylic acids is 2. The number of aromatic amines is 1. The second-order valence-corrected chi connectivity index (χ2v) is 14.4. The molecule has 262 valence electrons. The summed E-state index contributed by atoms with van der Waals surface area (Å²) in [7, 11) is -1.32. The molecule has 12 nitrogen and oxygen atoms in total. The van der Waals surface area contributed by atoms with E-state index in [-0.39, 0.29) is 29.4 Å². The van der Waals surface area contributed by atoms with Gasteiger partial charge in [0, 0.05) is 75.5 Å². The van der Waals surface area contributed by atoms with E-state index in [1.165, 1.54) is 6.20 Å². The van der Waals surface area contributed by atoms with Crippen LogP contribution in [0.2, 0.25) is 0 Å². The van der Waals surface area contributed by atoms with Gasteiger partial charge in [-0.05, 0) is 60.7 Å². The number of piperidine rings is 2. The number of hydrogen-bond donors (Lipinski definition) is 3. The molecule has 5 heterocycles. The molecule has 3 aliphatic heterocycles. The summed E-state index contributed by atoms with van der Waals surface area (Å²) in [5, 5.41) is 6.05. The molecule has 2 aromatic carbocycles. The van der Waals surface area contributed by atoms with E-state index in [4.69, 9.17) is 0 Å². The Hall–Kier alpha value is -4.60. The van der Waals surface area contributed by atoms with E-state index in [1.54, 1.807) is 0 Å². The highest BCUT2D eigenvalue weighted by Crippen LogP contribution is 2.29. The van der Waals surface area contributed by atoms with E-state index in [0.29, 0.717) is 50.1 Å². The number of benzene rings is 2. The number of aromatic nitrogens is 3. The number of halogens is 2. The Kier molecular flexibility index (Phi) is 9.97. The fraction of sp³-hybridized carbons (Fsp3) is 0.400. The molecular formula is C35H38F2N8O4S. The number of rotatable bonds is 9. The normalized spacial score (nSPS) is 20.3. The maximum Gasteiger partial charge on any atom is 0.269 e. The lowest BCUT2D eigenvalue weighted by atomic mass is 9.90. The minimum absolute atomic E-state index is 0.0256. The first-order chi connectivity index (χ1) is 24.2. The van der Waals surface area contributed by atoms with Gasteiger partial charge in [0.1, 0.15) is 16.6 Å². The Balaban J connectivity index is 0.899. The minimum Gasteiger partial charge on any atom is -0.369 e. The molecule has 2 unspecified atom stereocenters. The number of anilines is 2. The molecule has 2 atom stereocenters. The molecule has 7 rings (SSSR count). The zero-order valence-electron chi connectivity index (χ0n) is 27.3. The maximum atomic E-state index is 13.6. The van der Waals surface area contributed by atoms with Gasteiger partial charge in [-0.3, -0.25) is 24.6 Å². The van der Waals surface area contributed by atoms with Gasteiger partial charge in [0.15, 0.2) is 0 Å². The summed E-state index contributed by atoms with van der Waals surface area (Å²) in [5.74, 6) is -0.439. The van der Waals surface area contributed by atoms with Gasteiger partial charge < -0.3 is 15.2 Å². The predicted molar refractivity (Wildman–Crippen MR) is 185 cm³/mol. The highest BCUT2D eigenvalue weighted by molar-refractivity contribution is 7.82. The molecule has 3 N–H and O–H groups in total. The number of nitrogens with one attached hydrogen (secondary N) is 3. The monoisotopic (exact) mass is 704 g/mol. The largest absolute Gasteiger partial charge is 0.369 e. The molecular weight excluding hydrogens is 666 g/mol. The smallest absolute Gasteiger partial charge is 0.269 e. The van der Waals surface area contributed by atoms with Gasteiger partial charge in [-0.15, -0.1) is 0 Å². The predicted octanol–water partition coefficient (Wildman–Crippen LogP) is 3.70. The van der Waals surface area contributed by atoms with E-state index >= 15 is 0 Å². The van der Waals surface area contributed by atoms with Crippen LogP contribution in [0.5, 0.6) is 0 Å². The number of pyridine rings is 1. The number of hydrogen-bond acceptors (Lipinski definition) is 9. The molecule has 15 heteroatoms. The number of amides is 2. The van der Waals surface area contributed by atoms with Crippen LogP contribution in [0.1, 0.15) is 54.7 Å². The number of H-pyrrole nitrogens is 1. The van der Waals surface area contributed by atoms with Crippen LogP contribution in [0.25, 0.3) is 11.0 Å². The average molecular weight is 705 g/mol. The van der Waals surface area contributed by atoms with Crippen molar-refractivity contribution in [2.75, 3.05) is 49.5 Å². The van der Waals surface area contributed by atoms with E-state index in [0.717, 1.165) is 60.5 Å². The van der Waals surface area contributed by atoms with Crippen molar-refractivity contribution < 1.29 is 22.6 Å². The first kappa shape index (κ1) is 33.9. The zero-order valence-corrected chi connectivity index (χ0v) is 28.1. The summed E-state index contributed by atoms with van der Waals surface area (Å²) in [4.78, 5) is 52.4.